The average molecular weight is 239 g/mol. The number of carbonyl (C=O) groups is 2. The molecule has 1 amide bonds. The summed E-state index contributed by atoms with van der Waals surface area (Å²) in [5.41, 5.74) is -0.499. The van der Waals surface area contributed by atoms with Gasteiger partial charge in [-0.05, 0) is 46.0 Å². The molecule has 0 aromatic rings. The number of hydrogen-bond donors (Lipinski definition) is 0. The maximum Gasteiger partial charge on any atom is 0.411 e. The molecule has 1 saturated carbocycles. The van der Waals surface area contributed by atoms with E-state index in [-0.39, 0.29) is 18.2 Å². The van der Waals surface area contributed by atoms with Gasteiger partial charge in [0.2, 0.25) is 0 Å². The van der Waals surface area contributed by atoms with Gasteiger partial charge in [0.25, 0.3) is 0 Å². The van der Waals surface area contributed by atoms with Gasteiger partial charge in [-0.2, -0.15) is 0 Å². The second-order valence-corrected chi connectivity index (χ2v) is 6.09. The molecule has 1 aliphatic heterocycles. The SMILES string of the molecule is CC(C)(C)OC(=O)N1C2CCCC2C[C@H]1C=O. The van der Waals surface area contributed by atoms with Gasteiger partial charge in [0, 0.05) is 6.04 Å². The van der Waals surface area contributed by atoms with Crippen molar-refractivity contribution in [2.45, 2.75) is 64.1 Å². The average Bonchev–Trinajstić information content (AvgIpc) is 2.71. The van der Waals surface area contributed by atoms with Crippen molar-refractivity contribution >= 4 is 12.4 Å². The Kier molecular flexibility index (Phi) is 3.15. The Hall–Kier alpha value is -1.06. The highest BCUT2D eigenvalue weighted by molar-refractivity contribution is 5.75. The molecule has 4 nitrogen and oxygen atoms in total. The van der Waals surface area contributed by atoms with Gasteiger partial charge >= 0.3 is 6.09 Å². The third kappa shape index (κ3) is 2.45. The molecular weight excluding hydrogens is 218 g/mol. The first-order valence-electron chi connectivity index (χ1n) is 6.39. The number of aldehydes is 1. The summed E-state index contributed by atoms with van der Waals surface area (Å²) in [7, 11) is 0. The van der Waals surface area contributed by atoms with Gasteiger partial charge < -0.3 is 9.53 Å². The van der Waals surface area contributed by atoms with Gasteiger partial charge in [-0.15, -0.1) is 0 Å². The first kappa shape index (κ1) is 12.4. The van der Waals surface area contributed by atoms with E-state index in [0.717, 1.165) is 32.0 Å². The number of amides is 1. The van der Waals surface area contributed by atoms with Crippen LogP contribution in [0.25, 0.3) is 0 Å². The van der Waals surface area contributed by atoms with Crippen LogP contribution in [0.1, 0.15) is 46.5 Å². The molecular formula is C13H21NO3. The lowest BCUT2D eigenvalue weighted by Crippen LogP contribution is -2.44. The fourth-order valence-electron chi connectivity index (χ4n) is 3.03. The van der Waals surface area contributed by atoms with Crippen molar-refractivity contribution in [1.29, 1.82) is 0 Å². The zero-order valence-electron chi connectivity index (χ0n) is 10.8. The molecule has 0 aromatic heterocycles. The smallest absolute Gasteiger partial charge is 0.411 e. The van der Waals surface area contributed by atoms with E-state index >= 15 is 0 Å². The van der Waals surface area contributed by atoms with Crippen LogP contribution in [0.2, 0.25) is 0 Å². The standard InChI is InChI=1S/C13H21NO3/c1-13(2,3)17-12(16)14-10(8-15)7-9-5-4-6-11(9)14/h8-11H,4-7H2,1-3H3/t9?,10-,11?/m0/s1. The predicted molar refractivity (Wildman–Crippen MR) is 63.7 cm³/mol. The summed E-state index contributed by atoms with van der Waals surface area (Å²) in [6, 6.07) is -0.0554. The Balaban J connectivity index is 2.11. The van der Waals surface area contributed by atoms with Crippen LogP contribution in [0, 0.1) is 5.92 Å². The number of likely N-dealkylation sites (tertiary alicyclic amines) is 1. The molecule has 2 fully saturated rings. The third-order valence-electron chi connectivity index (χ3n) is 3.64. The van der Waals surface area contributed by atoms with Crippen LogP contribution in [-0.4, -0.2) is 35.0 Å². The maximum absolute atomic E-state index is 12.1. The molecule has 96 valence electrons. The molecule has 17 heavy (non-hydrogen) atoms. The van der Waals surface area contributed by atoms with Crippen molar-refractivity contribution in [2.75, 3.05) is 0 Å². The number of ether oxygens (including phenoxy) is 1. The molecule has 2 aliphatic rings. The van der Waals surface area contributed by atoms with Gasteiger partial charge in [-0.1, -0.05) is 6.42 Å². The van der Waals surface area contributed by atoms with Crippen LogP contribution in [-0.2, 0) is 9.53 Å². The summed E-state index contributed by atoms with van der Waals surface area (Å²) < 4.78 is 5.39. The molecule has 0 radical (unpaired) electrons. The first-order chi connectivity index (χ1) is 7.92. The van der Waals surface area contributed by atoms with Crippen molar-refractivity contribution in [2.24, 2.45) is 5.92 Å². The Morgan fingerprint density at radius 3 is 2.65 bits per heavy atom. The highest BCUT2D eigenvalue weighted by atomic mass is 16.6. The van der Waals surface area contributed by atoms with E-state index in [1.807, 2.05) is 20.8 Å². The predicted octanol–water partition coefficient (Wildman–Crippen LogP) is 2.36. The van der Waals surface area contributed by atoms with E-state index in [4.69, 9.17) is 4.74 Å². The molecule has 3 atom stereocenters. The lowest BCUT2D eigenvalue weighted by atomic mass is 10.0. The summed E-state index contributed by atoms with van der Waals surface area (Å²) in [6.45, 7) is 5.55. The summed E-state index contributed by atoms with van der Waals surface area (Å²) in [5.74, 6) is 0.498. The van der Waals surface area contributed by atoms with E-state index in [1.165, 1.54) is 0 Å². The summed E-state index contributed by atoms with van der Waals surface area (Å²) in [5, 5.41) is 0. The zero-order chi connectivity index (χ0) is 12.6. The largest absolute Gasteiger partial charge is 0.444 e. The van der Waals surface area contributed by atoms with Crippen LogP contribution in [0.5, 0.6) is 0 Å². The van der Waals surface area contributed by atoms with Gasteiger partial charge in [-0.3, -0.25) is 4.90 Å². The third-order valence-corrected chi connectivity index (χ3v) is 3.64. The molecule has 4 heteroatoms. The fourth-order valence-corrected chi connectivity index (χ4v) is 3.03. The van der Waals surface area contributed by atoms with Crippen molar-refractivity contribution in [1.82, 2.24) is 4.90 Å². The Morgan fingerprint density at radius 1 is 1.35 bits per heavy atom. The minimum Gasteiger partial charge on any atom is -0.444 e. The van der Waals surface area contributed by atoms with Gasteiger partial charge in [0.15, 0.2) is 0 Å². The lowest BCUT2D eigenvalue weighted by molar-refractivity contribution is -0.112. The highest BCUT2D eigenvalue weighted by Gasteiger charge is 2.47. The molecule has 0 aromatic carbocycles. The molecule has 2 rings (SSSR count). The normalized spacial score (nSPS) is 32.4. The number of hydrogen-bond acceptors (Lipinski definition) is 3. The first-order valence-corrected chi connectivity index (χ1v) is 6.39. The van der Waals surface area contributed by atoms with Gasteiger partial charge in [-0.25, -0.2) is 4.79 Å². The van der Waals surface area contributed by atoms with E-state index in [9.17, 15) is 9.59 Å². The van der Waals surface area contributed by atoms with E-state index in [2.05, 4.69) is 0 Å². The summed E-state index contributed by atoms with van der Waals surface area (Å²) in [6.07, 6.45) is 4.67. The van der Waals surface area contributed by atoms with E-state index in [0.29, 0.717) is 5.92 Å². The zero-order valence-corrected chi connectivity index (χ0v) is 10.8. The number of fused-ring (bicyclic) bond motifs is 1. The second kappa shape index (κ2) is 4.31. The number of carbonyl (C=O) groups excluding carboxylic acids is 2. The van der Waals surface area contributed by atoms with Gasteiger partial charge in [0.1, 0.15) is 11.9 Å². The molecule has 1 saturated heterocycles. The van der Waals surface area contributed by atoms with E-state index in [1.54, 1.807) is 4.90 Å². The van der Waals surface area contributed by atoms with Crippen LogP contribution in [0.4, 0.5) is 4.79 Å². The highest BCUT2D eigenvalue weighted by Crippen LogP contribution is 2.41. The van der Waals surface area contributed by atoms with Crippen LogP contribution < -0.4 is 0 Å². The topological polar surface area (TPSA) is 46.6 Å². The summed E-state index contributed by atoms with van der Waals surface area (Å²) >= 11 is 0. The molecule has 0 N–H and O–H groups in total. The molecule has 2 unspecified atom stereocenters. The Bertz CT molecular complexity index is 321. The lowest BCUT2D eigenvalue weighted by Gasteiger charge is -2.30. The van der Waals surface area contributed by atoms with E-state index < -0.39 is 5.60 Å². The maximum atomic E-state index is 12.1. The minimum atomic E-state index is -0.499. The van der Waals surface area contributed by atoms with Crippen LogP contribution in [0.15, 0.2) is 0 Å². The summed E-state index contributed by atoms with van der Waals surface area (Å²) in [4.78, 5) is 24.9. The molecule has 0 bridgehead atoms. The second-order valence-electron chi connectivity index (χ2n) is 6.09. The Labute approximate surface area is 102 Å². The van der Waals surface area contributed by atoms with Crippen LogP contribution >= 0.6 is 0 Å². The minimum absolute atomic E-state index is 0.222. The quantitative estimate of drug-likeness (QED) is 0.660. The monoisotopic (exact) mass is 239 g/mol. The van der Waals surface area contributed by atoms with Crippen molar-refractivity contribution < 1.29 is 14.3 Å². The molecule has 1 heterocycles. The number of nitrogens with zero attached hydrogens (tertiary/aromatic N) is 1. The van der Waals surface area contributed by atoms with Crippen molar-refractivity contribution in [3.63, 3.8) is 0 Å². The van der Waals surface area contributed by atoms with Crippen molar-refractivity contribution in [3.05, 3.63) is 0 Å². The molecule has 1 aliphatic carbocycles. The van der Waals surface area contributed by atoms with Crippen LogP contribution in [0.3, 0.4) is 0 Å². The van der Waals surface area contributed by atoms with Crippen molar-refractivity contribution in [3.8, 4) is 0 Å². The number of rotatable bonds is 1. The van der Waals surface area contributed by atoms with Gasteiger partial charge in [0.05, 0.1) is 6.04 Å². The fraction of sp³-hybridized carbons (Fsp3) is 0.846. The Morgan fingerprint density at radius 2 is 2.06 bits per heavy atom. The molecule has 0 spiro atoms.